The molecule has 2 unspecified atom stereocenters. The van der Waals surface area contributed by atoms with E-state index in [0.717, 1.165) is 0 Å². The van der Waals surface area contributed by atoms with E-state index in [9.17, 15) is 0 Å². The summed E-state index contributed by atoms with van der Waals surface area (Å²) in [6.07, 6.45) is 0.347. The number of ether oxygens (including phenoxy) is 2. The lowest BCUT2D eigenvalue weighted by Crippen LogP contribution is -2.15. The minimum Gasteiger partial charge on any atom is -0.381 e. The van der Waals surface area contributed by atoms with Crippen LogP contribution in [0.1, 0.15) is 24.7 Å². The molecule has 6 nitrogen and oxygen atoms in total. The van der Waals surface area contributed by atoms with Crippen LogP contribution in [0.3, 0.4) is 0 Å². The van der Waals surface area contributed by atoms with E-state index in [-0.39, 0.29) is 12.2 Å². The SMILES string of the molecule is COC(C)Cc1noc(C(CN)OC)n1. The molecule has 0 fully saturated rings. The Morgan fingerprint density at radius 1 is 1.40 bits per heavy atom. The third-order valence-electron chi connectivity index (χ3n) is 2.13. The van der Waals surface area contributed by atoms with Crippen molar-refractivity contribution in [3.05, 3.63) is 11.7 Å². The maximum atomic E-state index is 5.47. The van der Waals surface area contributed by atoms with E-state index in [2.05, 4.69) is 10.1 Å². The molecular weight excluding hydrogens is 198 g/mol. The van der Waals surface area contributed by atoms with Gasteiger partial charge in [0.2, 0.25) is 0 Å². The highest BCUT2D eigenvalue weighted by molar-refractivity contribution is 4.92. The van der Waals surface area contributed by atoms with Crippen molar-refractivity contribution in [2.24, 2.45) is 5.73 Å². The molecule has 0 aromatic carbocycles. The highest BCUT2D eigenvalue weighted by Crippen LogP contribution is 2.13. The zero-order chi connectivity index (χ0) is 11.3. The number of nitrogens with two attached hydrogens (primary N) is 1. The number of rotatable bonds is 6. The van der Waals surface area contributed by atoms with E-state index < -0.39 is 0 Å². The Balaban J connectivity index is 2.63. The van der Waals surface area contributed by atoms with Crippen LogP contribution in [0.2, 0.25) is 0 Å². The van der Waals surface area contributed by atoms with Gasteiger partial charge in [0.05, 0.1) is 6.10 Å². The van der Waals surface area contributed by atoms with Crippen molar-refractivity contribution < 1.29 is 14.0 Å². The van der Waals surface area contributed by atoms with Crippen molar-refractivity contribution in [3.8, 4) is 0 Å². The molecule has 0 bridgehead atoms. The standard InChI is InChI=1S/C9H17N3O3/c1-6(13-2)4-8-11-9(15-12-8)7(5-10)14-3/h6-7H,4-5,10H2,1-3H3. The third-order valence-corrected chi connectivity index (χ3v) is 2.13. The van der Waals surface area contributed by atoms with Crippen molar-refractivity contribution >= 4 is 0 Å². The van der Waals surface area contributed by atoms with Crippen molar-refractivity contribution in [3.63, 3.8) is 0 Å². The van der Waals surface area contributed by atoms with Crippen LogP contribution in [0.15, 0.2) is 4.52 Å². The average molecular weight is 215 g/mol. The lowest BCUT2D eigenvalue weighted by atomic mass is 10.3. The topological polar surface area (TPSA) is 83.4 Å². The van der Waals surface area contributed by atoms with Crippen molar-refractivity contribution in [2.75, 3.05) is 20.8 Å². The van der Waals surface area contributed by atoms with Gasteiger partial charge in [-0.25, -0.2) is 0 Å². The summed E-state index contributed by atoms with van der Waals surface area (Å²) in [6.45, 7) is 2.25. The van der Waals surface area contributed by atoms with Crippen LogP contribution in [0, 0.1) is 0 Å². The number of nitrogens with zero attached hydrogens (tertiary/aromatic N) is 2. The van der Waals surface area contributed by atoms with Gasteiger partial charge in [-0.3, -0.25) is 0 Å². The predicted octanol–water partition coefficient (Wildman–Crippen LogP) is 0.293. The third kappa shape index (κ3) is 3.26. The molecule has 2 N–H and O–H groups in total. The molecule has 2 atom stereocenters. The zero-order valence-corrected chi connectivity index (χ0v) is 9.27. The van der Waals surface area contributed by atoms with E-state index in [0.29, 0.717) is 24.7 Å². The number of hydrogen-bond acceptors (Lipinski definition) is 6. The van der Waals surface area contributed by atoms with Gasteiger partial charge < -0.3 is 19.7 Å². The molecule has 6 heteroatoms. The fourth-order valence-electron chi connectivity index (χ4n) is 1.12. The van der Waals surface area contributed by atoms with Crippen molar-refractivity contribution in [1.29, 1.82) is 0 Å². The van der Waals surface area contributed by atoms with E-state index in [4.69, 9.17) is 19.7 Å². The van der Waals surface area contributed by atoms with E-state index in [1.165, 1.54) is 0 Å². The van der Waals surface area contributed by atoms with Gasteiger partial charge in [-0.05, 0) is 6.92 Å². The summed E-state index contributed by atoms with van der Waals surface area (Å²) in [6, 6.07) is 0. The molecule has 0 amide bonds. The number of methoxy groups -OCH3 is 2. The van der Waals surface area contributed by atoms with Gasteiger partial charge in [0, 0.05) is 27.2 Å². The molecule has 15 heavy (non-hydrogen) atoms. The molecule has 0 aliphatic carbocycles. The normalized spacial score (nSPS) is 15.2. The number of hydrogen-bond donors (Lipinski definition) is 1. The second-order valence-corrected chi connectivity index (χ2v) is 3.26. The average Bonchev–Trinajstić information content (AvgIpc) is 2.68. The largest absolute Gasteiger partial charge is 0.381 e. The molecule has 1 aromatic rings. The first-order chi connectivity index (χ1) is 7.21. The maximum Gasteiger partial charge on any atom is 0.257 e. The van der Waals surface area contributed by atoms with Crippen LogP contribution >= 0.6 is 0 Å². The summed E-state index contributed by atoms with van der Waals surface area (Å²) >= 11 is 0. The Morgan fingerprint density at radius 2 is 2.13 bits per heavy atom. The molecule has 1 aromatic heterocycles. The first-order valence-corrected chi connectivity index (χ1v) is 4.79. The number of aromatic nitrogens is 2. The zero-order valence-electron chi connectivity index (χ0n) is 9.27. The van der Waals surface area contributed by atoms with Gasteiger partial charge in [0.1, 0.15) is 6.10 Å². The van der Waals surface area contributed by atoms with Crippen LogP contribution in [0.5, 0.6) is 0 Å². The fourth-order valence-corrected chi connectivity index (χ4v) is 1.12. The predicted molar refractivity (Wildman–Crippen MR) is 53.3 cm³/mol. The Hall–Kier alpha value is -0.980. The van der Waals surface area contributed by atoms with Gasteiger partial charge in [0.15, 0.2) is 5.82 Å². The summed E-state index contributed by atoms with van der Waals surface area (Å²) < 4.78 is 15.2. The highest BCUT2D eigenvalue weighted by Gasteiger charge is 2.17. The molecule has 0 saturated carbocycles. The molecule has 0 radical (unpaired) electrons. The Labute approximate surface area is 88.7 Å². The minimum atomic E-state index is -0.330. The van der Waals surface area contributed by atoms with Gasteiger partial charge in [-0.1, -0.05) is 5.16 Å². The minimum absolute atomic E-state index is 0.0642. The van der Waals surface area contributed by atoms with Crippen LogP contribution in [0.4, 0.5) is 0 Å². The van der Waals surface area contributed by atoms with E-state index in [1.54, 1.807) is 14.2 Å². The van der Waals surface area contributed by atoms with Gasteiger partial charge in [-0.2, -0.15) is 4.98 Å². The second kappa shape index (κ2) is 5.79. The summed E-state index contributed by atoms with van der Waals surface area (Å²) in [5.74, 6) is 1.02. The summed E-state index contributed by atoms with van der Waals surface area (Å²) in [4.78, 5) is 4.18. The molecule has 0 aliphatic rings. The quantitative estimate of drug-likeness (QED) is 0.734. The van der Waals surface area contributed by atoms with Gasteiger partial charge in [-0.15, -0.1) is 0 Å². The monoisotopic (exact) mass is 215 g/mol. The molecule has 0 aliphatic heterocycles. The van der Waals surface area contributed by atoms with Gasteiger partial charge >= 0.3 is 0 Å². The van der Waals surface area contributed by atoms with Crippen LogP contribution in [-0.2, 0) is 15.9 Å². The fraction of sp³-hybridized carbons (Fsp3) is 0.778. The summed E-state index contributed by atoms with van der Waals surface area (Å²) in [5, 5.41) is 3.82. The molecule has 1 rings (SSSR count). The molecule has 86 valence electrons. The first kappa shape index (κ1) is 12.1. The molecular formula is C9H17N3O3. The highest BCUT2D eigenvalue weighted by atomic mass is 16.5. The summed E-state index contributed by atoms with van der Waals surface area (Å²) in [5.41, 5.74) is 5.47. The van der Waals surface area contributed by atoms with Crippen molar-refractivity contribution in [2.45, 2.75) is 25.6 Å². The van der Waals surface area contributed by atoms with E-state index in [1.807, 2.05) is 6.92 Å². The molecule has 1 heterocycles. The van der Waals surface area contributed by atoms with Crippen molar-refractivity contribution in [1.82, 2.24) is 10.1 Å². The Morgan fingerprint density at radius 3 is 2.67 bits per heavy atom. The second-order valence-electron chi connectivity index (χ2n) is 3.26. The van der Waals surface area contributed by atoms with Crippen LogP contribution < -0.4 is 5.73 Å². The van der Waals surface area contributed by atoms with Crippen LogP contribution in [0.25, 0.3) is 0 Å². The Kier molecular flexibility index (Phi) is 4.67. The van der Waals surface area contributed by atoms with Crippen LogP contribution in [-0.4, -0.2) is 37.0 Å². The van der Waals surface area contributed by atoms with E-state index >= 15 is 0 Å². The smallest absolute Gasteiger partial charge is 0.257 e. The molecule has 0 saturated heterocycles. The lowest BCUT2D eigenvalue weighted by Gasteiger charge is -2.06. The van der Waals surface area contributed by atoms with Gasteiger partial charge in [0.25, 0.3) is 5.89 Å². The molecule has 0 spiro atoms. The summed E-state index contributed by atoms with van der Waals surface area (Å²) in [7, 11) is 3.20. The lowest BCUT2D eigenvalue weighted by molar-refractivity contribution is 0.0803. The first-order valence-electron chi connectivity index (χ1n) is 4.79. The maximum absolute atomic E-state index is 5.47. The Bertz CT molecular complexity index is 286.